The summed E-state index contributed by atoms with van der Waals surface area (Å²) in [6, 6.07) is 3.09. The highest BCUT2D eigenvalue weighted by molar-refractivity contribution is 5.92. The monoisotopic (exact) mass is 239 g/mol. The van der Waals surface area contributed by atoms with Crippen LogP contribution in [-0.4, -0.2) is 12.5 Å². The lowest BCUT2D eigenvalue weighted by Gasteiger charge is -2.06. The van der Waals surface area contributed by atoms with Crippen LogP contribution in [0.15, 0.2) is 34.8 Å². The Bertz CT molecular complexity index is 449. The molecule has 0 unspecified atom stereocenters. The molecule has 0 aliphatic carbocycles. The number of nitrogens with one attached hydrogen (secondary N) is 1. The van der Waals surface area contributed by atoms with Crippen LogP contribution in [0, 0.1) is 11.6 Å². The van der Waals surface area contributed by atoms with Crippen LogP contribution in [0.4, 0.5) is 14.5 Å². The van der Waals surface area contributed by atoms with Gasteiger partial charge in [-0.2, -0.15) is 0 Å². The highest BCUT2D eigenvalue weighted by Gasteiger charge is 2.04. The van der Waals surface area contributed by atoms with Crippen molar-refractivity contribution in [3.8, 4) is 0 Å². The van der Waals surface area contributed by atoms with Crippen LogP contribution in [-0.2, 0) is 0 Å². The minimum Gasteiger partial charge on any atom is -0.370 e. The molecule has 92 valence electrons. The van der Waals surface area contributed by atoms with E-state index in [1.165, 1.54) is 0 Å². The molecule has 1 aromatic carbocycles. The third kappa shape index (κ3) is 4.63. The van der Waals surface area contributed by atoms with Gasteiger partial charge in [-0.25, -0.2) is 13.8 Å². The van der Waals surface area contributed by atoms with Crippen LogP contribution in [0.1, 0.15) is 13.8 Å². The van der Waals surface area contributed by atoms with E-state index in [0.717, 1.165) is 23.8 Å². The average Bonchev–Trinajstić information content (AvgIpc) is 2.23. The van der Waals surface area contributed by atoms with E-state index in [1.54, 1.807) is 0 Å². The molecule has 0 spiro atoms. The number of guanidine groups is 1. The lowest BCUT2D eigenvalue weighted by atomic mass is 10.3. The van der Waals surface area contributed by atoms with Crippen molar-refractivity contribution in [2.75, 3.05) is 11.9 Å². The zero-order valence-electron chi connectivity index (χ0n) is 9.80. The molecule has 0 aliphatic rings. The Morgan fingerprint density at radius 3 is 2.76 bits per heavy atom. The first-order valence-corrected chi connectivity index (χ1v) is 5.14. The number of aliphatic imine (C=N–C) groups is 1. The maximum Gasteiger partial charge on any atom is 0.193 e. The number of nitrogens with two attached hydrogens (primary N) is 1. The van der Waals surface area contributed by atoms with E-state index < -0.39 is 11.6 Å². The number of allylic oxidation sites excluding steroid dienone is 1. The molecule has 1 rings (SSSR count). The maximum absolute atomic E-state index is 13.2. The molecule has 0 fully saturated rings. The lowest BCUT2D eigenvalue weighted by molar-refractivity contribution is 0.604. The number of halogens is 2. The number of nitrogens with zero attached hydrogens (tertiary/aromatic N) is 1. The standard InChI is InChI=1S/C12H15F2N3/c1-8(2)5-6-16-12(15)17-11-7-9(13)3-4-10(11)14/h3-5,7H,6H2,1-2H3,(H3,15,16,17). The molecule has 0 aromatic heterocycles. The van der Waals surface area contributed by atoms with Crippen molar-refractivity contribution in [2.24, 2.45) is 10.7 Å². The Morgan fingerprint density at radius 1 is 1.41 bits per heavy atom. The Labute approximate surface area is 99.0 Å². The summed E-state index contributed by atoms with van der Waals surface area (Å²) in [5.41, 5.74) is 6.62. The van der Waals surface area contributed by atoms with E-state index in [0.29, 0.717) is 6.54 Å². The molecule has 0 saturated heterocycles. The topological polar surface area (TPSA) is 50.4 Å². The summed E-state index contributed by atoms with van der Waals surface area (Å²) in [5.74, 6) is -1.07. The van der Waals surface area contributed by atoms with Gasteiger partial charge in [-0.3, -0.25) is 0 Å². The van der Waals surface area contributed by atoms with Gasteiger partial charge in [0.05, 0.1) is 12.2 Å². The Morgan fingerprint density at radius 2 is 2.12 bits per heavy atom. The zero-order chi connectivity index (χ0) is 12.8. The highest BCUT2D eigenvalue weighted by Crippen LogP contribution is 2.14. The van der Waals surface area contributed by atoms with Gasteiger partial charge in [0, 0.05) is 6.07 Å². The Kier molecular flexibility index (Phi) is 4.63. The van der Waals surface area contributed by atoms with Gasteiger partial charge in [-0.05, 0) is 26.0 Å². The summed E-state index contributed by atoms with van der Waals surface area (Å²) in [7, 11) is 0. The summed E-state index contributed by atoms with van der Waals surface area (Å²) in [4.78, 5) is 3.95. The molecular weight excluding hydrogens is 224 g/mol. The van der Waals surface area contributed by atoms with Gasteiger partial charge < -0.3 is 11.1 Å². The molecule has 3 N–H and O–H groups in total. The normalized spacial score (nSPS) is 11.2. The highest BCUT2D eigenvalue weighted by atomic mass is 19.1. The van der Waals surface area contributed by atoms with Crippen molar-refractivity contribution in [3.05, 3.63) is 41.5 Å². The SMILES string of the molecule is CC(C)=CCN=C(N)Nc1cc(F)ccc1F. The van der Waals surface area contributed by atoms with Gasteiger partial charge in [-0.15, -0.1) is 0 Å². The quantitative estimate of drug-likeness (QED) is 0.484. The summed E-state index contributed by atoms with van der Waals surface area (Å²) >= 11 is 0. The number of hydrogen-bond acceptors (Lipinski definition) is 1. The molecule has 0 bridgehead atoms. The molecule has 1 aromatic rings. The fourth-order valence-corrected chi connectivity index (χ4v) is 1.10. The first-order chi connectivity index (χ1) is 7.99. The van der Waals surface area contributed by atoms with Crippen LogP contribution in [0.3, 0.4) is 0 Å². The van der Waals surface area contributed by atoms with Crippen LogP contribution in [0.5, 0.6) is 0 Å². The number of benzene rings is 1. The second-order valence-corrected chi connectivity index (χ2v) is 3.76. The van der Waals surface area contributed by atoms with Gasteiger partial charge in [0.2, 0.25) is 0 Å². The van der Waals surface area contributed by atoms with E-state index in [-0.39, 0.29) is 11.6 Å². The molecule has 0 heterocycles. The largest absolute Gasteiger partial charge is 0.370 e. The molecule has 17 heavy (non-hydrogen) atoms. The molecule has 0 atom stereocenters. The van der Waals surface area contributed by atoms with Crippen molar-refractivity contribution >= 4 is 11.6 Å². The Balaban J connectivity index is 2.70. The summed E-state index contributed by atoms with van der Waals surface area (Å²) in [6.07, 6.45) is 1.87. The van der Waals surface area contributed by atoms with Crippen molar-refractivity contribution in [2.45, 2.75) is 13.8 Å². The number of hydrogen-bond donors (Lipinski definition) is 2. The molecular formula is C12H15F2N3. The van der Waals surface area contributed by atoms with Gasteiger partial charge in [-0.1, -0.05) is 11.6 Å². The van der Waals surface area contributed by atoms with Crippen LogP contribution >= 0.6 is 0 Å². The summed E-state index contributed by atoms with van der Waals surface area (Å²) in [5, 5.41) is 2.51. The fourth-order valence-electron chi connectivity index (χ4n) is 1.10. The second kappa shape index (κ2) is 5.98. The maximum atomic E-state index is 13.2. The molecule has 0 radical (unpaired) electrons. The third-order valence-corrected chi connectivity index (χ3v) is 1.95. The van der Waals surface area contributed by atoms with Gasteiger partial charge in [0.25, 0.3) is 0 Å². The lowest BCUT2D eigenvalue weighted by Crippen LogP contribution is -2.23. The number of anilines is 1. The minimum atomic E-state index is -0.577. The predicted octanol–water partition coefficient (Wildman–Crippen LogP) is 2.66. The van der Waals surface area contributed by atoms with E-state index in [4.69, 9.17) is 5.73 Å². The minimum absolute atomic E-state index is 0.0246. The summed E-state index contributed by atoms with van der Waals surface area (Å²) < 4.78 is 26.1. The average molecular weight is 239 g/mol. The van der Waals surface area contributed by atoms with E-state index in [1.807, 2.05) is 19.9 Å². The first kappa shape index (κ1) is 13.2. The third-order valence-electron chi connectivity index (χ3n) is 1.95. The van der Waals surface area contributed by atoms with Crippen LogP contribution in [0.25, 0.3) is 0 Å². The van der Waals surface area contributed by atoms with Crippen molar-refractivity contribution in [3.63, 3.8) is 0 Å². The first-order valence-electron chi connectivity index (χ1n) is 5.14. The molecule has 0 aliphatic heterocycles. The zero-order valence-corrected chi connectivity index (χ0v) is 9.80. The molecule has 0 saturated carbocycles. The van der Waals surface area contributed by atoms with Crippen LogP contribution in [0.2, 0.25) is 0 Å². The van der Waals surface area contributed by atoms with Gasteiger partial charge in [0.15, 0.2) is 5.96 Å². The smallest absolute Gasteiger partial charge is 0.193 e. The van der Waals surface area contributed by atoms with E-state index in [2.05, 4.69) is 10.3 Å². The van der Waals surface area contributed by atoms with Gasteiger partial charge >= 0.3 is 0 Å². The van der Waals surface area contributed by atoms with Crippen molar-refractivity contribution in [1.82, 2.24) is 0 Å². The second-order valence-electron chi connectivity index (χ2n) is 3.76. The molecule has 5 heteroatoms. The van der Waals surface area contributed by atoms with Crippen LogP contribution < -0.4 is 11.1 Å². The summed E-state index contributed by atoms with van der Waals surface area (Å²) in [6.45, 7) is 4.27. The van der Waals surface area contributed by atoms with E-state index in [9.17, 15) is 8.78 Å². The van der Waals surface area contributed by atoms with Gasteiger partial charge in [0.1, 0.15) is 11.6 Å². The van der Waals surface area contributed by atoms with Crippen molar-refractivity contribution in [1.29, 1.82) is 0 Å². The Hall–Kier alpha value is -1.91. The molecule has 3 nitrogen and oxygen atoms in total. The predicted molar refractivity (Wildman–Crippen MR) is 65.9 cm³/mol. The molecule has 0 amide bonds. The fraction of sp³-hybridized carbons (Fsp3) is 0.250. The van der Waals surface area contributed by atoms with Crippen molar-refractivity contribution < 1.29 is 8.78 Å². The number of rotatable bonds is 3. The van der Waals surface area contributed by atoms with E-state index >= 15 is 0 Å².